The summed E-state index contributed by atoms with van der Waals surface area (Å²) in [6.45, 7) is 6.32. The molecule has 0 bridgehead atoms. The van der Waals surface area contributed by atoms with E-state index in [1.807, 2.05) is 51.1 Å². The van der Waals surface area contributed by atoms with E-state index in [2.05, 4.69) is 15.6 Å². The van der Waals surface area contributed by atoms with E-state index in [1.54, 1.807) is 4.68 Å². The zero-order valence-corrected chi connectivity index (χ0v) is 11.4. The highest BCUT2D eigenvalue weighted by Crippen LogP contribution is 2.08. The molecule has 0 spiro atoms. The number of rotatable bonds is 4. The normalized spacial score (nSPS) is 10.7. The van der Waals surface area contributed by atoms with Gasteiger partial charge in [-0.05, 0) is 26.3 Å². The molecule has 0 radical (unpaired) electrons. The summed E-state index contributed by atoms with van der Waals surface area (Å²) in [6, 6.07) is 10.1. The fraction of sp³-hybridized carbons (Fsp3) is 0.357. The predicted octanol–water partition coefficient (Wildman–Crippen LogP) is 1.77. The van der Waals surface area contributed by atoms with Gasteiger partial charge < -0.3 is 5.32 Å². The van der Waals surface area contributed by atoms with Crippen molar-refractivity contribution in [1.82, 2.24) is 20.3 Å². The lowest BCUT2D eigenvalue weighted by Crippen LogP contribution is -2.31. The van der Waals surface area contributed by atoms with Crippen LogP contribution in [0.2, 0.25) is 0 Å². The van der Waals surface area contributed by atoms with Gasteiger partial charge in [-0.15, -0.1) is 5.10 Å². The fourth-order valence-corrected chi connectivity index (χ4v) is 1.81. The number of nitrogens with zero attached hydrogens (tertiary/aromatic N) is 3. The second-order valence-electron chi connectivity index (χ2n) is 4.79. The number of carbonyl (C=O) groups excluding carboxylic acids is 1. The van der Waals surface area contributed by atoms with E-state index >= 15 is 0 Å². The van der Waals surface area contributed by atoms with Gasteiger partial charge >= 0.3 is 0 Å². The summed E-state index contributed by atoms with van der Waals surface area (Å²) in [6.07, 6.45) is 0. The number of hydrogen-bond acceptors (Lipinski definition) is 3. The highest BCUT2D eigenvalue weighted by molar-refractivity contribution is 5.93. The molecule has 2 aromatic rings. The van der Waals surface area contributed by atoms with Gasteiger partial charge in [0.05, 0.1) is 12.2 Å². The Hall–Kier alpha value is -2.17. The molecule has 0 fully saturated rings. The topological polar surface area (TPSA) is 59.8 Å². The molecule has 2 rings (SSSR count). The average Bonchev–Trinajstić information content (AvgIpc) is 2.72. The van der Waals surface area contributed by atoms with Crippen LogP contribution in [0.25, 0.3) is 0 Å². The van der Waals surface area contributed by atoms with E-state index < -0.39 is 0 Å². The summed E-state index contributed by atoms with van der Waals surface area (Å²) < 4.78 is 1.74. The van der Waals surface area contributed by atoms with E-state index in [0.29, 0.717) is 12.2 Å². The highest BCUT2D eigenvalue weighted by Gasteiger charge is 2.16. The Morgan fingerprint density at radius 2 is 2.00 bits per heavy atom. The maximum Gasteiger partial charge on any atom is 0.273 e. The molecule has 0 aliphatic heterocycles. The third-order valence-corrected chi connectivity index (χ3v) is 2.79. The zero-order valence-electron chi connectivity index (χ0n) is 11.4. The number of hydrogen-bond donors (Lipinski definition) is 1. The summed E-state index contributed by atoms with van der Waals surface area (Å²) in [5, 5.41) is 10.8. The number of aromatic nitrogens is 3. The van der Waals surface area contributed by atoms with Crippen molar-refractivity contribution in [1.29, 1.82) is 0 Å². The van der Waals surface area contributed by atoms with Gasteiger partial charge in [0.15, 0.2) is 5.69 Å². The van der Waals surface area contributed by atoms with Gasteiger partial charge in [-0.25, -0.2) is 4.68 Å². The van der Waals surface area contributed by atoms with Crippen LogP contribution in [0.5, 0.6) is 0 Å². The Labute approximate surface area is 112 Å². The first-order chi connectivity index (χ1) is 9.08. The van der Waals surface area contributed by atoms with Gasteiger partial charge in [0.2, 0.25) is 0 Å². The van der Waals surface area contributed by atoms with Crippen molar-refractivity contribution >= 4 is 5.91 Å². The summed E-state index contributed by atoms with van der Waals surface area (Å²) in [5.41, 5.74) is 2.30. The predicted molar refractivity (Wildman–Crippen MR) is 72.9 cm³/mol. The first kappa shape index (κ1) is 13.3. The lowest BCUT2D eigenvalue weighted by atomic mass is 10.2. The lowest BCUT2D eigenvalue weighted by molar-refractivity contribution is 0.0937. The van der Waals surface area contributed by atoms with Gasteiger partial charge in [0.1, 0.15) is 0 Å². The molecule has 0 saturated heterocycles. The second-order valence-corrected chi connectivity index (χ2v) is 4.79. The highest BCUT2D eigenvalue weighted by atomic mass is 16.2. The Balaban J connectivity index is 2.17. The first-order valence-corrected chi connectivity index (χ1v) is 6.33. The summed E-state index contributed by atoms with van der Waals surface area (Å²) in [5.74, 6) is -0.174. The largest absolute Gasteiger partial charge is 0.348 e. The molecule has 5 heteroatoms. The van der Waals surface area contributed by atoms with Gasteiger partial charge in [-0.1, -0.05) is 35.5 Å². The molecule has 1 amide bonds. The first-order valence-electron chi connectivity index (χ1n) is 6.33. The zero-order chi connectivity index (χ0) is 13.8. The minimum Gasteiger partial charge on any atom is -0.348 e. The van der Waals surface area contributed by atoms with E-state index in [0.717, 1.165) is 11.3 Å². The van der Waals surface area contributed by atoms with Crippen LogP contribution in [0.15, 0.2) is 30.3 Å². The Bertz CT molecular complexity index is 560. The standard InChI is InChI=1S/C14H18N4O/c1-10(2)15-14(19)13-11(3)18(17-16-13)9-12-7-5-4-6-8-12/h4-8,10H,9H2,1-3H3,(H,15,19). The molecule has 5 nitrogen and oxygen atoms in total. The Kier molecular flexibility index (Phi) is 3.94. The maximum atomic E-state index is 11.9. The number of nitrogens with one attached hydrogen (secondary N) is 1. The molecule has 1 N–H and O–H groups in total. The van der Waals surface area contributed by atoms with Crippen LogP contribution >= 0.6 is 0 Å². The van der Waals surface area contributed by atoms with Crippen molar-refractivity contribution in [2.75, 3.05) is 0 Å². The van der Waals surface area contributed by atoms with Crippen LogP contribution in [0.4, 0.5) is 0 Å². The van der Waals surface area contributed by atoms with Gasteiger partial charge in [-0.2, -0.15) is 0 Å². The molecular weight excluding hydrogens is 240 g/mol. The quantitative estimate of drug-likeness (QED) is 0.909. The van der Waals surface area contributed by atoms with Crippen molar-refractivity contribution in [3.63, 3.8) is 0 Å². The molecule has 0 aliphatic rings. The number of carbonyl (C=O) groups is 1. The molecule has 0 aliphatic carbocycles. The molecule has 1 aromatic heterocycles. The van der Waals surface area contributed by atoms with E-state index in [1.165, 1.54) is 0 Å². The molecule has 0 saturated carbocycles. The van der Waals surface area contributed by atoms with Crippen LogP contribution in [0.1, 0.15) is 35.6 Å². The van der Waals surface area contributed by atoms with E-state index in [4.69, 9.17) is 0 Å². The summed E-state index contributed by atoms with van der Waals surface area (Å²) in [4.78, 5) is 11.9. The second kappa shape index (κ2) is 5.65. The fourth-order valence-electron chi connectivity index (χ4n) is 1.81. The van der Waals surface area contributed by atoms with Crippen molar-refractivity contribution in [3.8, 4) is 0 Å². The van der Waals surface area contributed by atoms with Crippen LogP contribution in [-0.4, -0.2) is 26.9 Å². The van der Waals surface area contributed by atoms with Crippen molar-refractivity contribution < 1.29 is 4.79 Å². The van der Waals surface area contributed by atoms with Crippen molar-refractivity contribution in [2.24, 2.45) is 0 Å². The van der Waals surface area contributed by atoms with Gasteiger partial charge in [0.25, 0.3) is 5.91 Å². The van der Waals surface area contributed by atoms with Crippen LogP contribution < -0.4 is 5.32 Å². The Morgan fingerprint density at radius 1 is 1.32 bits per heavy atom. The maximum absolute atomic E-state index is 11.9. The smallest absolute Gasteiger partial charge is 0.273 e. The molecule has 100 valence electrons. The van der Waals surface area contributed by atoms with E-state index in [-0.39, 0.29) is 11.9 Å². The lowest BCUT2D eigenvalue weighted by Gasteiger charge is -2.07. The van der Waals surface area contributed by atoms with Crippen molar-refractivity contribution in [3.05, 3.63) is 47.3 Å². The van der Waals surface area contributed by atoms with Crippen LogP contribution in [0.3, 0.4) is 0 Å². The molecular formula is C14H18N4O. The molecule has 1 aromatic carbocycles. The minimum absolute atomic E-state index is 0.0890. The number of benzene rings is 1. The van der Waals surface area contributed by atoms with Crippen molar-refractivity contribution in [2.45, 2.75) is 33.4 Å². The third kappa shape index (κ3) is 3.19. The van der Waals surface area contributed by atoms with Crippen LogP contribution in [-0.2, 0) is 6.54 Å². The third-order valence-electron chi connectivity index (χ3n) is 2.79. The van der Waals surface area contributed by atoms with Gasteiger partial charge in [0, 0.05) is 6.04 Å². The molecule has 19 heavy (non-hydrogen) atoms. The Morgan fingerprint density at radius 3 is 2.63 bits per heavy atom. The number of amides is 1. The SMILES string of the molecule is Cc1c(C(=O)NC(C)C)nnn1Cc1ccccc1. The molecule has 0 atom stereocenters. The average molecular weight is 258 g/mol. The summed E-state index contributed by atoms with van der Waals surface area (Å²) >= 11 is 0. The molecule has 0 unspecified atom stereocenters. The summed E-state index contributed by atoms with van der Waals surface area (Å²) in [7, 11) is 0. The molecule has 1 heterocycles. The minimum atomic E-state index is -0.174. The monoisotopic (exact) mass is 258 g/mol. The van der Waals surface area contributed by atoms with E-state index in [9.17, 15) is 4.79 Å². The van der Waals surface area contributed by atoms with Gasteiger partial charge in [-0.3, -0.25) is 4.79 Å². The van der Waals surface area contributed by atoms with Crippen LogP contribution in [0, 0.1) is 6.92 Å².